The molecule has 0 aliphatic carbocycles. The molecular formula is C20H19N3O4S. The second kappa shape index (κ2) is 8.62. The van der Waals surface area contributed by atoms with Crippen LogP contribution in [0.25, 0.3) is 10.9 Å². The van der Waals surface area contributed by atoms with E-state index in [0.29, 0.717) is 16.1 Å². The third-order valence-electron chi connectivity index (χ3n) is 3.98. The monoisotopic (exact) mass is 397 g/mol. The van der Waals surface area contributed by atoms with Gasteiger partial charge in [-0.2, -0.15) is 0 Å². The lowest BCUT2D eigenvalue weighted by Gasteiger charge is -2.10. The topological polar surface area (TPSA) is 103 Å². The minimum absolute atomic E-state index is 0.100. The van der Waals surface area contributed by atoms with Crippen molar-refractivity contribution in [3.05, 3.63) is 60.3 Å². The second-order valence-corrected chi connectivity index (χ2v) is 7.06. The van der Waals surface area contributed by atoms with E-state index in [-0.39, 0.29) is 5.75 Å². The van der Waals surface area contributed by atoms with Crippen LogP contribution in [0.1, 0.15) is 10.4 Å². The molecule has 3 rings (SSSR count). The molecule has 28 heavy (non-hydrogen) atoms. The molecule has 2 amide bonds. The van der Waals surface area contributed by atoms with Crippen molar-refractivity contribution < 1.29 is 19.1 Å². The van der Waals surface area contributed by atoms with Crippen LogP contribution in [-0.4, -0.2) is 34.7 Å². The number of nitrogens with zero attached hydrogens (tertiary/aromatic N) is 1. The van der Waals surface area contributed by atoms with Gasteiger partial charge in [-0.05, 0) is 18.2 Å². The Balaban J connectivity index is 1.63. The Kier molecular flexibility index (Phi) is 6.00. The SMILES string of the molecule is Cn1cc(C(=O)OCC(=O)Nc2ccccc2SCC(N)=O)c2ccccc21. The number of carbonyl (C=O) groups excluding carboxylic acids is 3. The van der Waals surface area contributed by atoms with Gasteiger partial charge in [-0.15, -0.1) is 11.8 Å². The molecular weight excluding hydrogens is 378 g/mol. The number of hydrogen-bond donors (Lipinski definition) is 2. The summed E-state index contributed by atoms with van der Waals surface area (Å²) in [5.74, 6) is -1.39. The van der Waals surface area contributed by atoms with Crippen LogP contribution in [0.2, 0.25) is 0 Å². The Bertz CT molecular complexity index is 1040. The second-order valence-electron chi connectivity index (χ2n) is 6.05. The molecule has 0 radical (unpaired) electrons. The summed E-state index contributed by atoms with van der Waals surface area (Å²) in [6.45, 7) is -0.420. The van der Waals surface area contributed by atoms with Crippen molar-refractivity contribution in [3.8, 4) is 0 Å². The van der Waals surface area contributed by atoms with Crippen molar-refractivity contribution >= 4 is 46.1 Å². The van der Waals surface area contributed by atoms with Crippen LogP contribution in [0.15, 0.2) is 59.6 Å². The highest BCUT2D eigenvalue weighted by Crippen LogP contribution is 2.26. The fraction of sp³-hybridized carbons (Fsp3) is 0.150. The third-order valence-corrected chi connectivity index (χ3v) is 5.08. The van der Waals surface area contributed by atoms with E-state index in [9.17, 15) is 14.4 Å². The summed E-state index contributed by atoms with van der Waals surface area (Å²) in [7, 11) is 1.84. The molecule has 0 atom stereocenters. The predicted octanol–water partition coefficient (Wildman–Crippen LogP) is 2.55. The van der Waals surface area contributed by atoms with Gasteiger partial charge in [-0.3, -0.25) is 9.59 Å². The Morgan fingerprint density at radius 2 is 1.82 bits per heavy atom. The molecule has 0 saturated carbocycles. The number of benzene rings is 2. The molecule has 0 bridgehead atoms. The fourth-order valence-electron chi connectivity index (χ4n) is 2.74. The summed E-state index contributed by atoms with van der Waals surface area (Å²) in [5, 5.41) is 3.46. The number of amides is 2. The Morgan fingerprint density at radius 3 is 2.61 bits per heavy atom. The van der Waals surface area contributed by atoms with Gasteiger partial charge in [0, 0.05) is 29.0 Å². The van der Waals surface area contributed by atoms with E-state index in [1.165, 1.54) is 11.8 Å². The molecule has 0 fully saturated rings. The summed E-state index contributed by atoms with van der Waals surface area (Å²) in [4.78, 5) is 36.3. The highest BCUT2D eigenvalue weighted by atomic mass is 32.2. The summed E-state index contributed by atoms with van der Waals surface area (Å²) in [5.41, 5.74) is 7.00. The molecule has 0 aliphatic rings. The zero-order valence-corrected chi connectivity index (χ0v) is 16.0. The Hall–Kier alpha value is -3.26. The molecule has 7 nitrogen and oxygen atoms in total. The van der Waals surface area contributed by atoms with E-state index in [2.05, 4.69) is 5.32 Å². The molecule has 0 aliphatic heterocycles. The summed E-state index contributed by atoms with van der Waals surface area (Å²) < 4.78 is 7.01. The first-order chi connectivity index (χ1) is 13.5. The van der Waals surface area contributed by atoms with E-state index in [1.54, 1.807) is 30.5 Å². The van der Waals surface area contributed by atoms with Crippen LogP contribution in [0.5, 0.6) is 0 Å². The number of fused-ring (bicyclic) bond motifs is 1. The largest absolute Gasteiger partial charge is 0.452 e. The molecule has 0 unspecified atom stereocenters. The van der Waals surface area contributed by atoms with Gasteiger partial charge in [0.1, 0.15) is 0 Å². The number of aryl methyl sites for hydroxylation is 1. The van der Waals surface area contributed by atoms with Crippen molar-refractivity contribution in [1.82, 2.24) is 4.57 Å². The van der Waals surface area contributed by atoms with Crippen molar-refractivity contribution in [2.75, 3.05) is 17.7 Å². The first-order valence-electron chi connectivity index (χ1n) is 8.47. The van der Waals surface area contributed by atoms with Crippen LogP contribution >= 0.6 is 11.8 Å². The number of rotatable bonds is 7. The average molecular weight is 397 g/mol. The van der Waals surface area contributed by atoms with Gasteiger partial charge < -0.3 is 20.4 Å². The van der Waals surface area contributed by atoms with Crippen molar-refractivity contribution in [1.29, 1.82) is 0 Å². The van der Waals surface area contributed by atoms with Crippen LogP contribution in [0.4, 0.5) is 5.69 Å². The molecule has 1 heterocycles. The molecule has 2 aromatic carbocycles. The maximum atomic E-state index is 12.4. The zero-order valence-electron chi connectivity index (χ0n) is 15.2. The van der Waals surface area contributed by atoms with Crippen molar-refractivity contribution in [3.63, 3.8) is 0 Å². The first kappa shape index (κ1) is 19.5. The fourth-order valence-corrected chi connectivity index (χ4v) is 3.49. The van der Waals surface area contributed by atoms with Gasteiger partial charge in [0.25, 0.3) is 5.91 Å². The average Bonchev–Trinajstić information content (AvgIpc) is 3.02. The number of para-hydroxylation sites is 2. The highest BCUT2D eigenvalue weighted by molar-refractivity contribution is 8.00. The van der Waals surface area contributed by atoms with E-state index in [4.69, 9.17) is 10.5 Å². The van der Waals surface area contributed by atoms with Crippen molar-refractivity contribution in [2.24, 2.45) is 12.8 Å². The zero-order chi connectivity index (χ0) is 20.1. The summed E-state index contributed by atoms with van der Waals surface area (Å²) in [6, 6.07) is 14.5. The van der Waals surface area contributed by atoms with Gasteiger partial charge in [-0.25, -0.2) is 4.79 Å². The lowest BCUT2D eigenvalue weighted by Crippen LogP contribution is -2.21. The van der Waals surface area contributed by atoms with Crippen molar-refractivity contribution in [2.45, 2.75) is 4.90 Å². The number of thioether (sulfide) groups is 1. The number of esters is 1. The molecule has 0 spiro atoms. The van der Waals surface area contributed by atoms with E-state index in [1.807, 2.05) is 35.9 Å². The van der Waals surface area contributed by atoms with Gasteiger partial charge in [0.15, 0.2) is 6.61 Å². The maximum Gasteiger partial charge on any atom is 0.340 e. The Labute approximate surface area is 165 Å². The third kappa shape index (κ3) is 4.52. The van der Waals surface area contributed by atoms with Gasteiger partial charge >= 0.3 is 5.97 Å². The van der Waals surface area contributed by atoms with Gasteiger partial charge in [-0.1, -0.05) is 30.3 Å². The maximum absolute atomic E-state index is 12.4. The number of ether oxygens (including phenoxy) is 1. The quantitative estimate of drug-likeness (QED) is 0.471. The summed E-state index contributed by atoms with van der Waals surface area (Å²) >= 11 is 1.22. The molecule has 1 aromatic heterocycles. The van der Waals surface area contributed by atoms with Gasteiger partial charge in [0.05, 0.1) is 17.0 Å². The van der Waals surface area contributed by atoms with E-state index < -0.39 is 24.4 Å². The predicted molar refractivity (Wildman–Crippen MR) is 108 cm³/mol. The smallest absolute Gasteiger partial charge is 0.340 e. The van der Waals surface area contributed by atoms with E-state index in [0.717, 1.165) is 10.9 Å². The number of hydrogen-bond acceptors (Lipinski definition) is 5. The number of anilines is 1. The van der Waals surface area contributed by atoms with Crippen LogP contribution in [0.3, 0.4) is 0 Å². The minimum Gasteiger partial charge on any atom is -0.452 e. The molecule has 3 N–H and O–H groups in total. The first-order valence-corrected chi connectivity index (χ1v) is 9.45. The number of nitrogens with two attached hydrogens (primary N) is 1. The normalized spacial score (nSPS) is 10.6. The minimum atomic E-state index is -0.566. The molecule has 3 aromatic rings. The summed E-state index contributed by atoms with van der Waals surface area (Å²) in [6.07, 6.45) is 1.68. The van der Waals surface area contributed by atoms with Crippen LogP contribution < -0.4 is 11.1 Å². The number of aromatic nitrogens is 1. The lowest BCUT2D eigenvalue weighted by atomic mass is 10.2. The molecule has 144 valence electrons. The van der Waals surface area contributed by atoms with Crippen LogP contribution in [0, 0.1) is 0 Å². The molecule has 8 heteroatoms. The molecule has 0 saturated heterocycles. The lowest BCUT2D eigenvalue weighted by molar-refractivity contribution is -0.119. The van der Waals surface area contributed by atoms with E-state index >= 15 is 0 Å². The number of nitrogens with one attached hydrogen (secondary N) is 1. The highest BCUT2D eigenvalue weighted by Gasteiger charge is 2.17. The number of carbonyl (C=O) groups is 3. The Morgan fingerprint density at radius 1 is 1.11 bits per heavy atom. The van der Waals surface area contributed by atoms with Crippen LogP contribution in [-0.2, 0) is 21.4 Å². The standard InChI is InChI=1S/C20H19N3O4S/c1-23-10-14(13-6-2-4-8-16(13)23)20(26)27-11-19(25)22-15-7-3-5-9-17(15)28-12-18(21)24/h2-10H,11-12H2,1H3,(H2,21,24)(H,22,25). The van der Waals surface area contributed by atoms with Gasteiger partial charge in [0.2, 0.25) is 5.91 Å². The number of primary amides is 1.